The molecule has 0 aliphatic carbocycles. The standard InChI is InChI=1S/C35H63NO5/c1-3-5-7-9-11-13-14-15-16-18-20-26-30-35(40)41-32(27-23-19-17-12-10-8-6-4-2)28-24-21-22-25-29-33(37)36-31-34(38)39/h11,13,23,27,32H,3-10,12,14-22,24-26,28-31H2,1-2H3,(H,36,37)(H,38,39)/b13-11-,27-23-. The first-order chi connectivity index (χ1) is 20.0. The maximum Gasteiger partial charge on any atom is 0.322 e. The second-order valence-corrected chi connectivity index (χ2v) is 11.4. The molecule has 0 aliphatic heterocycles. The molecular formula is C35H63NO5. The number of unbranched alkanes of at least 4 members (excludes halogenated alkanes) is 17. The molecule has 0 spiro atoms. The van der Waals surface area contributed by atoms with E-state index in [1.807, 2.05) is 0 Å². The van der Waals surface area contributed by atoms with Crippen LogP contribution in [0.5, 0.6) is 0 Å². The van der Waals surface area contributed by atoms with Gasteiger partial charge in [0.15, 0.2) is 0 Å². The van der Waals surface area contributed by atoms with Crippen LogP contribution in [0, 0.1) is 0 Å². The summed E-state index contributed by atoms with van der Waals surface area (Å²) < 4.78 is 5.85. The first-order valence-electron chi connectivity index (χ1n) is 17.0. The number of rotatable bonds is 30. The fourth-order valence-corrected chi connectivity index (χ4v) is 4.77. The smallest absolute Gasteiger partial charge is 0.322 e. The Morgan fingerprint density at radius 3 is 1.76 bits per heavy atom. The van der Waals surface area contributed by atoms with E-state index in [2.05, 4.69) is 43.5 Å². The Kier molecular flexibility index (Phi) is 29.3. The zero-order valence-corrected chi connectivity index (χ0v) is 26.6. The van der Waals surface area contributed by atoms with Gasteiger partial charge in [0, 0.05) is 12.8 Å². The lowest BCUT2D eigenvalue weighted by Crippen LogP contribution is -2.28. The Hall–Kier alpha value is -2.11. The Morgan fingerprint density at radius 1 is 0.634 bits per heavy atom. The third-order valence-corrected chi connectivity index (χ3v) is 7.33. The molecule has 0 aromatic heterocycles. The Bertz CT molecular complexity index is 688. The van der Waals surface area contributed by atoms with Crippen LogP contribution in [0.15, 0.2) is 24.3 Å². The van der Waals surface area contributed by atoms with E-state index >= 15 is 0 Å². The van der Waals surface area contributed by atoms with Crippen LogP contribution in [-0.2, 0) is 19.1 Å². The van der Waals surface area contributed by atoms with E-state index in [4.69, 9.17) is 9.84 Å². The van der Waals surface area contributed by atoms with Crippen molar-refractivity contribution in [1.29, 1.82) is 0 Å². The minimum atomic E-state index is -1.03. The number of esters is 1. The number of amides is 1. The highest BCUT2D eigenvalue weighted by Crippen LogP contribution is 2.15. The molecule has 0 aromatic rings. The fourth-order valence-electron chi connectivity index (χ4n) is 4.77. The van der Waals surface area contributed by atoms with Gasteiger partial charge in [-0.2, -0.15) is 0 Å². The van der Waals surface area contributed by atoms with Gasteiger partial charge in [-0.1, -0.05) is 109 Å². The van der Waals surface area contributed by atoms with Crippen LogP contribution in [0.4, 0.5) is 0 Å². The summed E-state index contributed by atoms with van der Waals surface area (Å²) in [5.41, 5.74) is 0. The van der Waals surface area contributed by atoms with Crippen molar-refractivity contribution < 1.29 is 24.2 Å². The quantitative estimate of drug-likeness (QED) is 0.0504. The highest BCUT2D eigenvalue weighted by molar-refractivity contribution is 5.80. The number of aliphatic carboxylic acids is 1. The summed E-state index contributed by atoms with van der Waals surface area (Å²) in [6, 6.07) is 0. The van der Waals surface area contributed by atoms with Gasteiger partial charge in [0.05, 0.1) is 0 Å². The van der Waals surface area contributed by atoms with E-state index in [1.54, 1.807) is 0 Å². The topological polar surface area (TPSA) is 92.7 Å². The lowest BCUT2D eigenvalue weighted by Gasteiger charge is -2.15. The van der Waals surface area contributed by atoms with Crippen molar-refractivity contribution in [2.45, 2.75) is 174 Å². The zero-order valence-electron chi connectivity index (χ0n) is 26.6. The summed E-state index contributed by atoms with van der Waals surface area (Å²) >= 11 is 0. The normalized spacial score (nSPS) is 12.2. The predicted molar refractivity (Wildman–Crippen MR) is 171 cm³/mol. The summed E-state index contributed by atoms with van der Waals surface area (Å²) in [5.74, 6) is -1.34. The molecule has 0 saturated heterocycles. The molecule has 0 aliphatic rings. The zero-order chi connectivity index (χ0) is 30.2. The van der Waals surface area contributed by atoms with Crippen LogP contribution in [-0.4, -0.2) is 35.6 Å². The van der Waals surface area contributed by atoms with Gasteiger partial charge in [0.25, 0.3) is 0 Å². The van der Waals surface area contributed by atoms with E-state index in [9.17, 15) is 14.4 Å². The summed E-state index contributed by atoms with van der Waals surface area (Å²) in [6.45, 7) is 4.15. The van der Waals surface area contributed by atoms with Crippen LogP contribution in [0.3, 0.4) is 0 Å². The van der Waals surface area contributed by atoms with Crippen LogP contribution < -0.4 is 5.32 Å². The van der Waals surface area contributed by atoms with Gasteiger partial charge in [-0.25, -0.2) is 0 Å². The highest BCUT2D eigenvalue weighted by Gasteiger charge is 2.12. The van der Waals surface area contributed by atoms with Crippen molar-refractivity contribution in [2.24, 2.45) is 0 Å². The van der Waals surface area contributed by atoms with Crippen LogP contribution in [0.25, 0.3) is 0 Å². The SMILES string of the molecule is CCCCC/C=C\CCCCCCCC(=O)OC(/C=C\CCCCCCCC)CCCCCCC(=O)NCC(=O)O. The second-order valence-electron chi connectivity index (χ2n) is 11.4. The molecule has 238 valence electrons. The summed E-state index contributed by atoms with van der Waals surface area (Å²) in [7, 11) is 0. The predicted octanol–water partition coefficient (Wildman–Crippen LogP) is 9.61. The fraction of sp³-hybridized carbons (Fsp3) is 0.800. The molecule has 0 aromatic carbocycles. The van der Waals surface area contributed by atoms with Gasteiger partial charge in [0.2, 0.25) is 5.91 Å². The van der Waals surface area contributed by atoms with Crippen molar-refractivity contribution in [3.63, 3.8) is 0 Å². The maximum atomic E-state index is 12.5. The van der Waals surface area contributed by atoms with E-state index in [-0.39, 0.29) is 24.5 Å². The van der Waals surface area contributed by atoms with Crippen molar-refractivity contribution in [1.82, 2.24) is 5.32 Å². The van der Waals surface area contributed by atoms with E-state index < -0.39 is 5.97 Å². The van der Waals surface area contributed by atoms with Crippen molar-refractivity contribution in [2.75, 3.05) is 6.54 Å². The van der Waals surface area contributed by atoms with Gasteiger partial charge in [0.1, 0.15) is 12.6 Å². The number of allylic oxidation sites excluding steroid dienone is 3. The lowest BCUT2D eigenvalue weighted by molar-refractivity contribution is -0.147. The van der Waals surface area contributed by atoms with Crippen molar-refractivity contribution in [3.05, 3.63) is 24.3 Å². The van der Waals surface area contributed by atoms with Crippen molar-refractivity contribution >= 4 is 17.8 Å². The second kappa shape index (κ2) is 30.8. The molecule has 0 rings (SSSR count). The molecule has 1 atom stereocenters. The summed E-state index contributed by atoms with van der Waals surface area (Å²) in [4.78, 5) is 34.7. The average molecular weight is 578 g/mol. The van der Waals surface area contributed by atoms with Gasteiger partial charge >= 0.3 is 11.9 Å². The Labute approximate surface area is 252 Å². The van der Waals surface area contributed by atoms with Crippen molar-refractivity contribution in [3.8, 4) is 0 Å². The van der Waals surface area contributed by atoms with Gasteiger partial charge < -0.3 is 15.2 Å². The molecule has 1 amide bonds. The largest absolute Gasteiger partial charge is 0.480 e. The molecule has 0 heterocycles. The first-order valence-corrected chi connectivity index (χ1v) is 17.0. The van der Waals surface area contributed by atoms with Gasteiger partial charge in [-0.15, -0.1) is 0 Å². The lowest BCUT2D eigenvalue weighted by atomic mass is 10.1. The van der Waals surface area contributed by atoms with E-state index in [0.717, 1.165) is 51.4 Å². The molecule has 1 unspecified atom stereocenters. The highest BCUT2D eigenvalue weighted by atomic mass is 16.5. The van der Waals surface area contributed by atoms with Gasteiger partial charge in [-0.3, -0.25) is 14.4 Å². The third kappa shape index (κ3) is 30.7. The molecule has 0 bridgehead atoms. The minimum Gasteiger partial charge on any atom is -0.480 e. The molecule has 0 saturated carbocycles. The number of carbonyl (C=O) groups is 3. The average Bonchev–Trinajstić information content (AvgIpc) is 2.95. The number of nitrogens with one attached hydrogen (secondary N) is 1. The molecular weight excluding hydrogens is 514 g/mol. The number of carboxylic acids is 1. The summed E-state index contributed by atoms with van der Waals surface area (Å²) in [5, 5.41) is 11.0. The van der Waals surface area contributed by atoms with Crippen LogP contribution in [0.1, 0.15) is 168 Å². The molecule has 0 fully saturated rings. The number of ether oxygens (including phenoxy) is 1. The molecule has 6 nitrogen and oxygen atoms in total. The Morgan fingerprint density at radius 2 is 1.12 bits per heavy atom. The van der Waals surface area contributed by atoms with E-state index in [1.165, 1.54) is 89.9 Å². The molecule has 0 radical (unpaired) electrons. The van der Waals surface area contributed by atoms with E-state index in [0.29, 0.717) is 12.8 Å². The Balaban J connectivity index is 4.21. The number of hydrogen-bond acceptors (Lipinski definition) is 4. The number of carboxylic acid groups (broad SMARTS) is 1. The van der Waals surface area contributed by atoms with Crippen LogP contribution >= 0.6 is 0 Å². The molecule has 6 heteroatoms. The molecule has 41 heavy (non-hydrogen) atoms. The first kappa shape index (κ1) is 38.9. The minimum absolute atomic E-state index is 0.0932. The molecule has 2 N–H and O–H groups in total. The number of carbonyl (C=O) groups excluding carboxylic acids is 2. The van der Waals surface area contributed by atoms with Gasteiger partial charge in [-0.05, 0) is 70.3 Å². The number of hydrogen-bond donors (Lipinski definition) is 2. The third-order valence-electron chi connectivity index (χ3n) is 7.33. The van der Waals surface area contributed by atoms with Crippen LogP contribution in [0.2, 0.25) is 0 Å². The maximum absolute atomic E-state index is 12.5. The monoisotopic (exact) mass is 577 g/mol. The summed E-state index contributed by atoms with van der Waals surface area (Å²) in [6.07, 6.45) is 34.4.